The summed E-state index contributed by atoms with van der Waals surface area (Å²) in [7, 11) is 3.03. The summed E-state index contributed by atoms with van der Waals surface area (Å²) in [5, 5.41) is 0. The van der Waals surface area contributed by atoms with Gasteiger partial charge in [-0.25, -0.2) is 0 Å². The van der Waals surface area contributed by atoms with Crippen LogP contribution in [-0.2, 0) is 13.0 Å². The molecule has 0 saturated heterocycles. The molecule has 158 valence electrons. The number of benzene rings is 3. The Labute approximate surface area is 181 Å². The van der Waals surface area contributed by atoms with Crippen molar-refractivity contribution >= 4 is 11.8 Å². The molecule has 0 radical (unpaired) electrons. The summed E-state index contributed by atoms with van der Waals surface area (Å²) in [5.74, 6) is 0.729. The first-order chi connectivity index (χ1) is 15.1. The Bertz CT molecular complexity index is 1110. The van der Waals surface area contributed by atoms with Crippen LogP contribution in [0.2, 0.25) is 0 Å². The molecule has 0 spiro atoms. The summed E-state index contributed by atoms with van der Waals surface area (Å²) in [4.78, 5) is 27.5. The predicted octanol–water partition coefficient (Wildman–Crippen LogP) is 4.12. The number of fused-ring (bicyclic) bond motifs is 1. The highest BCUT2D eigenvalue weighted by atomic mass is 16.5. The number of carbonyl (C=O) groups is 2. The molecule has 0 aromatic heterocycles. The van der Waals surface area contributed by atoms with E-state index in [1.54, 1.807) is 30.3 Å². The SMILES string of the molecule is COc1cc2c(cc1OCc1ccccc1)CCN(C(=O)c1ccccc1OC)C2=O. The molecule has 0 aliphatic carbocycles. The maximum absolute atomic E-state index is 13.2. The Balaban J connectivity index is 1.59. The van der Waals surface area contributed by atoms with Crippen LogP contribution in [0.3, 0.4) is 0 Å². The monoisotopic (exact) mass is 417 g/mol. The van der Waals surface area contributed by atoms with Gasteiger partial charge >= 0.3 is 0 Å². The van der Waals surface area contributed by atoms with E-state index in [0.717, 1.165) is 11.1 Å². The van der Waals surface area contributed by atoms with Gasteiger partial charge in [-0.1, -0.05) is 42.5 Å². The maximum atomic E-state index is 13.2. The van der Waals surface area contributed by atoms with Crippen molar-refractivity contribution in [2.75, 3.05) is 20.8 Å². The van der Waals surface area contributed by atoms with Gasteiger partial charge in [-0.05, 0) is 41.8 Å². The second-order valence-corrected chi connectivity index (χ2v) is 7.15. The van der Waals surface area contributed by atoms with Crippen LogP contribution in [-0.4, -0.2) is 37.5 Å². The van der Waals surface area contributed by atoms with Gasteiger partial charge in [0.25, 0.3) is 11.8 Å². The van der Waals surface area contributed by atoms with Crippen LogP contribution in [0.5, 0.6) is 17.2 Å². The van der Waals surface area contributed by atoms with Crippen molar-refractivity contribution in [2.45, 2.75) is 13.0 Å². The number of methoxy groups -OCH3 is 2. The molecule has 0 bridgehead atoms. The molecule has 0 unspecified atom stereocenters. The zero-order valence-corrected chi connectivity index (χ0v) is 17.5. The minimum absolute atomic E-state index is 0.285. The number of carbonyl (C=O) groups excluding carboxylic acids is 2. The van der Waals surface area contributed by atoms with Crippen LogP contribution < -0.4 is 14.2 Å². The van der Waals surface area contributed by atoms with E-state index < -0.39 is 0 Å². The number of amides is 2. The molecule has 1 aliphatic heterocycles. The van der Waals surface area contributed by atoms with E-state index in [1.807, 2.05) is 36.4 Å². The fourth-order valence-electron chi connectivity index (χ4n) is 3.66. The van der Waals surface area contributed by atoms with Crippen LogP contribution >= 0.6 is 0 Å². The minimum Gasteiger partial charge on any atom is -0.496 e. The molecule has 2 amide bonds. The van der Waals surface area contributed by atoms with E-state index in [9.17, 15) is 9.59 Å². The summed E-state index contributed by atoms with van der Waals surface area (Å²) in [5.41, 5.74) is 2.67. The van der Waals surface area contributed by atoms with Gasteiger partial charge in [0.2, 0.25) is 0 Å². The highest BCUT2D eigenvalue weighted by Crippen LogP contribution is 2.34. The molecule has 0 fully saturated rings. The first-order valence-corrected chi connectivity index (χ1v) is 9.99. The first kappa shape index (κ1) is 20.5. The van der Waals surface area contributed by atoms with Gasteiger partial charge in [-0.3, -0.25) is 14.5 Å². The molecule has 0 atom stereocenters. The van der Waals surface area contributed by atoms with Crippen LogP contribution in [0.4, 0.5) is 0 Å². The van der Waals surface area contributed by atoms with Gasteiger partial charge in [-0.15, -0.1) is 0 Å². The highest BCUT2D eigenvalue weighted by molar-refractivity contribution is 6.12. The van der Waals surface area contributed by atoms with Crippen molar-refractivity contribution < 1.29 is 23.8 Å². The normalized spacial score (nSPS) is 12.8. The number of imide groups is 1. The van der Waals surface area contributed by atoms with E-state index in [-0.39, 0.29) is 18.4 Å². The summed E-state index contributed by atoms with van der Waals surface area (Å²) >= 11 is 0. The minimum atomic E-state index is -0.378. The second-order valence-electron chi connectivity index (χ2n) is 7.15. The standard InChI is InChI=1S/C25H23NO5/c1-29-21-11-7-6-10-19(21)24(27)26-13-12-18-14-23(22(30-2)15-20(18)25(26)28)31-16-17-8-4-3-5-9-17/h3-11,14-15H,12-13,16H2,1-2H3. The summed E-state index contributed by atoms with van der Waals surface area (Å²) in [6, 6.07) is 20.2. The summed E-state index contributed by atoms with van der Waals surface area (Å²) in [6.45, 7) is 0.676. The maximum Gasteiger partial charge on any atom is 0.264 e. The van der Waals surface area contributed by atoms with Gasteiger partial charge in [0.1, 0.15) is 12.4 Å². The topological polar surface area (TPSA) is 65.1 Å². The molecule has 6 nitrogen and oxygen atoms in total. The van der Waals surface area contributed by atoms with Gasteiger partial charge in [0.15, 0.2) is 11.5 Å². The zero-order chi connectivity index (χ0) is 21.8. The third kappa shape index (κ3) is 4.10. The molecule has 0 N–H and O–H groups in total. The lowest BCUT2D eigenvalue weighted by Crippen LogP contribution is -2.42. The Hall–Kier alpha value is -3.80. The molecule has 6 heteroatoms. The number of ether oxygens (including phenoxy) is 3. The van der Waals surface area contributed by atoms with Crippen molar-refractivity contribution in [3.63, 3.8) is 0 Å². The van der Waals surface area contributed by atoms with Gasteiger partial charge < -0.3 is 14.2 Å². The largest absolute Gasteiger partial charge is 0.496 e. The number of rotatable bonds is 6. The van der Waals surface area contributed by atoms with Crippen molar-refractivity contribution in [1.82, 2.24) is 4.90 Å². The van der Waals surface area contributed by atoms with Crippen LogP contribution in [0, 0.1) is 0 Å². The number of hydrogen-bond donors (Lipinski definition) is 0. The molecule has 3 aromatic rings. The predicted molar refractivity (Wildman–Crippen MR) is 116 cm³/mol. The Morgan fingerprint density at radius 3 is 2.35 bits per heavy atom. The average molecular weight is 417 g/mol. The third-order valence-corrected chi connectivity index (χ3v) is 5.29. The van der Waals surface area contributed by atoms with Crippen molar-refractivity contribution in [3.8, 4) is 17.2 Å². The molecule has 31 heavy (non-hydrogen) atoms. The fraction of sp³-hybridized carbons (Fsp3) is 0.200. The van der Waals surface area contributed by atoms with E-state index in [1.165, 1.54) is 19.1 Å². The van der Waals surface area contributed by atoms with Crippen molar-refractivity contribution in [1.29, 1.82) is 0 Å². The number of hydrogen-bond acceptors (Lipinski definition) is 5. The molecular weight excluding hydrogens is 394 g/mol. The van der Waals surface area contributed by atoms with Crippen molar-refractivity contribution in [3.05, 3.63) is 89.0 Å². The van der Waals surface area contributed by atoms with E-state index >= 15 is 0 Å². The molecule has 3 aromatic carbocycles. The van der Waals surface area contributed by atoms with Crippen molar-refractivity contribution in [2.24, 2.45) is 0 Å². The van der Waals surface area contributed by atoms with Crippen LogP contribution in [0.15, 0.2) is 66.7 Å². The summed E-state index contributed by atoms with van der Waals surface area (Å²) in [6.07, 6.45) is 0.535. The molecular formula is C25H23NO5. The van der Waals surface area contributed by atoms with Crippen LogP contribution in [0.25, 0.3) is 0 Å². The molecule has 1 aliphatic rings. The van der Waals surface area contributed by atoms with E-state index in [0.29, 0.717) is 41.4 Å². The fourth-order valence-corrected chi connectivity index (χ4v) is 3.66. The quantitative estimate of drug-likeness (QED) is 0.565. The van der Waals surface area contributed by atoms with E-state index in [4.69, 9.17) is 14.2 Å². The number of para-hydroxylation sites is 1. The highest BCUT2D eigenvalue weighted by Gasteiger charge is 2.32. The Morgan fingerprint density at radius 1 is 0.903 bits per heavy atom. The smallest absolute Gasteiger partial charge is 0.264 e. The number of nitrogens with zero attached hydrogens (tertiary/aromatic N) is 1. The van der Waals surface area contributed by atoms with Crippen LogP contribution in [0.1, 0.15) is 31.8 Å². The molecule has 1 heterocycles. The Morgan fingerprint density at radius 2 is 1.61 bits per heavy atom. The van der Waals surface area contributed by atoms with E-state index in [2.05, 4.69) is 0 Å². The summed E-state index contributed by atoms with van der Waals surface area (Å²) < 4.78 is 16.7. The molecule has 0 saturated carbocycles. The zero-order valence-electron chi connectivity index (χ0n) is 17.5. The molecule has 4 rings (SSSR count). The lowest BCUT2D eigenvalue weighted by Gasteiger charge is -2.28. The lowest BCUT2D eigenvalue weighted by atomic mass is 9.97. The first-order valence-electron chi connectivity index (χ1n) is 9.99. The lowest BCUT2D eigenvalue weighted by molar-refractivity contribution is 0.0602. The van der Waals surface area contributed by atoms with Gasteiger partial charge in [-0.2, -0.15) is 0 Å². The van der Waals surface area contributed by atoms with Gasteiger partial charge in [0, 0.05) is 12.1 Å². The Kier molecular flexibility index (Phi) is 5.89. The second kappa shape index (κ2) is 8.92. The van der Waals surface area contributed by atoms with Gasteiger partial charge in [0.05, 0.1) is 19.8 Å². The third-order valence-electron chi connectivity index (χ3n) is 5.29. The average Bonchev–Trinajstić information content (AvgIpc) is 2.82.